The molecule has 1 heterocycles. The third-order valence-electron chi connectivity index (χ3n) is 3.50. The first-order valence-electron chi connectivity index (χ1n) is 7.35. The summed E-state index contributed by atoms with van der Waals surface area (Å²) in [5.41, 5.74) is 2.30. The molecule has 1 saturated heterocycles. The van der Waals surface area contributed by atoms with Crippen LogP contribution in [0.2, 0.25) is 0 Å². The molecule has 0 aliphatic carbocycles. The molecule has 120 valence electrons. The van der Waals surface area contributed by atoms with Gasteiger partial charge in [0.05, 0.1) is 12.4 Å². The van der Waals surface area contributed by atoms with Gasteiger partial charge < -0.3 is 15.0 Å². The number of nitrogens with zero attached hydrogens (tertiary/aromatic N) is 1. The van der Waals surface area contributed by atoms with Crippen molar-refractivity contribution in [3.8, 4) is 0 Å². The molecule has 1 aliphatic rings. The quantitative estimate of drug-likeness (QED) is 0.777. The highest BCUT2D eigenvalue weighted by Gasteiger charge is 2.32. The number of carbonyl (C=O) groups is 2. The minimum Gasteiger partial charge on any atom is -0.383 e. The summed E-state index contributed by atoms with van der Waals surface area (Å²) in [6.45, 7) is 3.48. The number of hydrogen-bond donors (Lipinski definition) is 1. The van der Waals surface area contributed by atoms with Crippen molar-refractivity contribution in [3.63, 3.8) is 0 Å². The lowest BCUT2D eigenvalue weighted by Gasteiger charge is -2.24. The number of carbonyl (C=O) groups excluding carboxylic acids is 2. The standard InChI is InChI=1S/C16H22N2O3S/c1-12-4-3-5-13(10-12)16-18(15(20)11-22-16)8-6-14(19)17-7-9-21-2/h3-5,10,16H,6-9,11H2,1-2H3,(H,17,19)/t16-/m0/s1. The highest BCUT2D eigenvalue weighted by atomic mass is 32.2. The van der Waals surface area contributed by atoms with E-state index < -0.39 is 0 Å². The Balaban J connectivity index is 1.93. The Morgan fingerprint density at radius 1 is 1.50 bits per heavy atom. The van der Waals surface area contributed by atoms with Gasteiger partial charge in [-0.3, -0.25) is 9.59 Å². The molecule has 1 aliphatic heterocycles. The van der Waals surface area contributed by atoms with Gasteiger partial charge in [0.1, 0.15) is 5.37 Å². The molecule has 0 radical (unpaired) electrons. The molecule has 5 nitrogen and oxygen atoms in total. The maximum absolute atomic E-state index is 12.1. The van der Waals surface area contributed by atoms with Crippen LogP contribution in [0, 0.1) is 6.92 Å². The van der Waals surface area contributed by atoms with Gasteiger partial charge >= 0.3 is 0 Å². The molecule has 1 aromatic carbocycles. The summed E-state index contributed by atoms with van der Waals surface area (Å²) in [5, 5.41) is 2.79. The van der Waals surface area contributed by atoms with Crippen LogP contribution >= 0.6 is 11.8 Å². The van der Waals surface area contributed by atoms with E-state index in [1.807, 2.05) is 25.1 Å². The average molecular weight is 322 g/mol. The highest BCUT2D eigenvalue weighted by molar-refractivity contribution is 8.00. The van der Waals surface area contributed by atoms with Crippen LogP contribution in [0.3, 0.4) is 0 Å². The minimum atomic E-state index is -0.0512. The average Bonchev–Trinajstić information content (AvgIpc) is 2.86. The number of benzene rings is 1. The summed E-state index contributed by atoms with van der Waals surface area (Å²) in [6.07, 6.45) is 0.318. The van der Waals surface area contributed by atoms with E-state index in [0.717, 1.165) is 5.56 Å². The van der Waals surface area contributed by atoms with E-state index >= 15 is 0 Å². The zero-order valence-electron chi connectivity index (χ0n) is 13.0. The fourth-order valence-corrected chi connectivity index (χ4v) is 3.61. The SMILES string of the molecule is COCCNC(=O)CCN1C(=O)CS[C@H]1c1cccc(C)c1. The Morgan fingerprint density at radius 3 is 3.05 bits per heavy atom. The lowest BCUT2D eigenvalue weighted by molar-refractivity contribution is -0.129. The largest absolute Gasteiger partial charge is 0.383 e. The second kappa shape index (κ2) is 8.19. The van der Waals surface area contributed by atoms with Gasteiger partial charge in [-0.2, -0.15) is 0 Å². The lowest BCUT2D eigenvalue weighted by Crippen LogP contribution is -2.34. The zero-order valence-corrected chi connectivity index (χ0v) is 13.8. The molecular formula is C16H22N2O3S. The number of thioether (sulfide) groups is 1. The van der Waals surface area contributed by atoms with Gasteiger partial charge in [0.15, 0.2) is 0 Å². The van der Waals surface area contributed by atoms with Crippen molar-refractivity contribution < 1.29 is 14.3 Å². The molecule has 2 amide bonds. The maximum Gasteiger partial charge on any atom is 0.233 e. The number of nitrogens with one attached hydrogen (secondary N) is 1. The predicted molar refractivity (Wildman–Crippen MR) is 87.6 cm³/mol. The fraction of sp³-hybridized carbons (Fsp3) is 0.500. The van der Waals surface area contributed by atoms with Gasteiger partial charge in [0.2, 0.25) is 11.8 Å². The van der Waals surface area contributed by atoms with Crippen molar-refractivity contribution >= 4 is 23.6 Å². The third-order valence-corrected chi connectivity index (χ3v) is 4.76. The summed E-state index contributed by atoms with van der Waals surface area (Å²) in [5.74, 6) is 0.523. The summed E-state index contributed by atoms with van der Waals surface area (Å²) in [4.78, 5) is 25.6. The fourth-order valence-electron chi connectivity index (χ4n) is 2.40. The van der Waals surface area contributed by atoms with Gasteiger partial charge in [-0.15, -0.1) is 11.8 Å². The number of ether oxygens (including phenoxy) is 1. The number of rotatable bonds is 7. The molecule has 1 fully saturated rings. The molecule has 1 N–H and O–H groups in total. The summed E-state index contributed by atoms with van der Waals surface area (Å²) < 4.78 is 4.89. The van der Waals surface area contributed by atoms with Gasteiger partial charge in [-0.1, -0.05) is 29.8 Å². The molecule has 6 heteroatoms. The van der Waals surface area contributed by atoms with E-state index in [0.29, 0.717) is 31.9 Å². The van der Waals surface area contributed by atoms with Crippen molar-refractivity contribution in [3.05, 3.63) is 35.4 Å². The first-order valence-corrected chi connectivity index (χ1v) is 8.40. The van der Waals surface area contributed by atoms with Gasteiger partial charge in [-0.05, 0) is 12.5 Å². The van der Waals surface area contributed by atoms with Crippen molar-refractivity contribution in [1.82, 2.24) is 10.2 Å². The zero-order chi connectivity index (χ0) is 15.9. The van der Waals surface area contributed by atoms with E-state index in [1.54, 1.807) is 23.8 Å². The summed E-state index contributed by atoms with van der Waals surface area (Å²) in [7, 11) is 1.60. The van der Waals surface area contributed by atoms with Crippen molar-refractivity contribution in [2.45, 2.75) is 18.7 Å². The molecule has 0 bridgehead atoms. The predicted octanol–water partition coefficient (Wildman–Crippen LogP) is 1.72. The van der Waals surface area contributed by atoms with E-state index in [9.17, 15) is 9.59 Å². The second-order valence-corrected chi connectivity index (χ2v) is 6.33. The molecule has 0 spiro atoms. The molecule has 1 atom stereocenters. The van der Waals surface area contributed by atoms with Crippen LogP contribution in [-0.4, -0.2) is 49.3 Å². The molecule has 0 saturated carbocycles. The van der Waals surface area contributed by atoms with Crippen molar-refractivity contribution in [2.75, 3.05) is 32.6 Å². The lowest BCUT2D eigenvalue weighted by atomic mass is 10.1. The highest BCUT2D eigenvalue weighted by Crippen LogP contribution is 2.38. The molecule has 2 rings (SSSR count). The summed E-state index contributed by atoms with van der Waals surface area (Å²) in [6, 6.07) is 8.18. The number of hydrogen-bond acceptors (Lipinski definition) is 4. The molecular weight excluding hydrogens is 300 g/mol. The van der Waals surface area contributed by atoms with E-state index in [2.05, 4.69) is 11.4 Å². The van der Waals surface area contributed by atoms with Crippen molar-refractivity contribution in [2.24, 2.45) is 0 Å². The molecule has 1 aromatic rings. The number of amides is 2. The monoisotopic (exact) mass is 322 g/mol. The first-order chi connectivity index (χ1) is 10.6. The Bertz CT molecular complexity index is 536. The molecule has 0 unspecified atom stereocenters. The minimum absolute atomic E-state index is 0.0131. The maximum atomic E-state index is 12.1. The van der Waals surface area contributed by atoms with Crippen LogP contribution < -0.4 is 5.32 Å². The summed E-state index contributed by atoms with van der Waals surface area (Å²) >= 11 is 1.62. The second-order valence-electron chi connectivity index (χ2n) is 5.26. The van der Waals surface area contributed by atoms with Crippen molar-refractivity contribution in [1.29, 1.82) is 0 Å². The van der Waals surface area contributed by atoms with Crippen LogP contribution in [0.1, 0.15) is 22.9 Å². The van der Waals surface area contributed by atoms with E-state index in [4.69, 9.17) is 4.74 Å². The van der Waals surface area contributed by atoms with Gasteiger partial charge in [-0.25, -0.2) is 0 Å². The van der Waals surface area contributed by atoms with Crippen LogP contribution in [0.5, 0.6) is 0 Å². The molecule has 22 heavy (non-hydrogen) atoms. The third kappa shape index (κ3) is 4.48. The van der Waals surface area contributed by atoms with E-state index in [1.165, 1.54) is 5.56 Å². The Labute approximate surface area is 135 Å². The first kappa shape index (κ1) is 16.8. The van der Waals surface area contributed by atoms with Crippen LogP contribution in [0.15, 0.2) is 24.3 Å². The Morgan fingerprint density at radius 2 is 2.32 bits per heavy atom. The number of aryl methyl sites for hydroxylation is 1. The van der Waals surface area contributed by atoms with Crippen LogP contribution in [0.25, 0.3) is 0 Å². The smallest absolute Gasteiger partial charge is 0.233 e. The van der Waals surface area contributed by atoms with Gasteiger partial charge in [0.25, 0.3) is 0 Å². The van der Waals surface area contributed by atoms with Crippen LogP contribution in [0.4, 0.5) is 0 Å². The van der Waals surface area contributed by atoms with Crippen LogP contribution in [-0.2, 0) is 14.3 Å². The topological polar surface area (TPSA) is 58.6 Å². The normalized spacial score (nSPS) is 17.8. The molecule has 0 aromatic heterocycles. The van der Waals surface area contributed by atoms with Gasteiger partial charge in [0, 0.05) is 26.6 Å². The number of methoxy groups -OCH3 is 1. The van der Waals surface area contributed by atoms with E-state index in [-0.39, 0.29) is 17.2 Å². The Hall–Kier alpha value is -1.53. The Kier molecular flexibility index (Phi) is 6.27.